The van der Waals surface area contributed by atoms with Crippen LogP contribution in [0.15, 0.2) is 0 Å². The number of hydrogen-bond acceptors (Lipinski definition) is 6. The fourth-order valence-corrected chi connectivity index (χ4v) is 5.45. The van der Waals surface area contributed by atoms with Crippen molar-refractivity contribution in [1.82, 2.24) is 14.6 Å². The molecule has 0 bridgehead atoms. The predicted octanol–water partition coefficient (Wildman–Crippen LogP) is 2.83. The molecule has 2 aliphatic rings. The Kier molecular flexibility index (Phi) is 7.69. The summed E-state index contributed by atoms with van der Waals surface area (Å²) in [6, 6.07) is -0.379. The number of nitrogen functional groups attached to an aromatic ring is 1. The Labute approximate surface area is 181 Å². The Morgan fingerprint density at radius 3 is 2.33 bits per heavy atom. The van der Waals surface area contributed by atoms with Crippen LogP contribution in [0.3, 0.4) is 0 Å². The van der Waals surface area contributed by atoms with E-state index in [0.29, 0.717) is 6.42 Å². The molecular weight excluding hydrogens is 402 g/mol. The van der Waals surface area contributed by atoms with Crippen LogP contribution >= 0.6 is 11.5 Å². The molecule has 3 amide bonds. The highest BCUT2D eigenvalue weighted by Crippen LogP contribution is 2.31. The number of carbonyl (C=O) groups is 3. The lowest BCUT2D eigenvalue weighted by molar-refractivity contribution is -0.127. The Morgan fingerprint density at radius 2 is 1.77 bits per heavy atom. The van der Waals surface area contributed by atoms with E-state index >= 15 is 0 Å². The van der Waals surface area contributed by atoms with Gasteiger partial charge in [-0.2, -0.15) is 4.37 Å². The van der Waals surface area contributed by atoms with Gasteiger partial charge in [-0.1, -0.05) is 45.4 Å². The van der Waals surface area contributed by atoms with Gasteiger partial charge in [0.25, 0.3) is 11.8 Å². The molecule has 8 nitrogen and oxygen atoms in total. The summed E-state index contributed by atoms with van der Waals surface area (Å²) >= 11 is 0.886. The smallest absolute Gasteiger partial charge is 0.270 e. The first kappa shape index (κ1) is 22.5. The molecule has 0 spiro atoms. The SMILES string of the molecule is CCC[C@@H](C(=O)NC1CCCC1)N(C(=O)c1snc(C(N)=O)c1N)C1CCCCC1. The molecule has 9 heteroatoms. The molecule has 0 unspecified atom stereocenters. The second-order valence-electron chi connectivity index (χ2n) is 8.44. The molecule has 1 aromatic heterocycles. The van der Waals surface area contributed by atoms with Crippen molar-refractivity contribution in [2.45, 2.75) is 95.7 Å². The highest BCUT2D eigenvalue weighted by atomic mass is 32.1. The van der Waals surface area contributed by atoms with E-state index in [2.05, 4.69) is 9.69 Å². The van der Waals surface area contributed by atoms with Gasteiger partial charge in [0, 0.05) is 12.1 Å². The number of nitrogens with two attached hydrogens (primary N) is 2. The van der Waals surface area contributed by atoms with E-state index < -0.39 is 11.9 Å². The third kappa shape index (κ3) is 4.94. The Bertz CT molecular complexity index is 769. The fraction of sp³-hybridized carbons (Fsp3) is 0.714. The van der Waals surface area contributed by atoms with E-state index in [-0.39, 0.29) is 40.2 Å². The van der Waals surface area contributed by atoms with Crippen molar-refractivity contribution in [2.75, 3.05) is 5.73 Å². The molecule has 2 fully saturated rings. The van der Waals surface area contributed by atoms with Crippen molar-refractivity contribution < 1.29 is 14.4 Å². The van der Waals surface area contributed by atoms with Crippen LogP contribution in [-0.4, -0.2) is 45.1 Å². The minimum atomic E-state index is -0.754. The standard InChI is InChI=1S/C21H33N5O3S/c1-2-8-15(20(28)24-13-9-6-7-10-13)26(14-11-4-3-5-12-14)21(29)18-16(22)17(19(23)27)25-30-18/h13-15H,2-12,22H2,1H3,(H2,23,27)(H,24,28)/t15-/m0/s1. The lowest BCUT2D eigenvalue weighted by Gasteiger charge is -2.39. The van der Waals surface area contributed by atoms with Crippen molar-refractivity contribution in [3.05, 3.63) is 10.6 Å². The summed E-state index contributed by atoms with van der Waals surface area (Å²) in [5.74, 6) is -1.15. The largest absolute Gasteiger partial charge is 0.395 e. The van der Waals surface area contributed by atoms with Crippen molar-refractivity contribution in [3.63, 3.8) is 0 Å². The summed E-state index contributed by atoms with van der Waals surface area (Å²) in [6.45, 7) is 2.02. The van der Waals surface area contributed by atoms with Gasteiger partial charge in [-0.3, -0.25) is 14.4 Å². The van der Waals surface area contributed by atoms with Crippen LogP contribution in [0.4, 0.5) is 5.69 Å². The van der Waals surface area contributed by atoms with Gasteiger partial charge in [-0.15, -0.1) is 0 Å². The minimum absolute atomic E-state index is 0.0179. The van der Waals surface area contributed by atoms with E-state index in [4.69, 9.17) is 11.5 Å². The number of hydrogen-bond donors (Lipinski definition) is 3. The van der Waals surface area contributed by atoms with Gasteiger partial charge in [-0.05, 0) is 43.6 Å². The average molecular weight is 436 g/mol. The van der Waals surface area contributed by atoms with Gasteiger partial charge < -0.3 is 21.7 Å². The van der Waals surface area contributed by atoms with E-state index in [9.17, 15) is 14.4 Å². The first-order valence-electron chi connectivity index (χ1n) is 11.1. The van der Waals surface area contributed by atoms with Crippen LogP contribution < -0.4 is 16.8 Å². The Balaban J connectivity index is 1.91. The third-order valence-corrected chi connectivity index (χ3v) is 7.11. The van der Waals surface area contributed by atoms with Gasteiger partial charge in [-0.25, -0.2) is 0 Å². The molecule has 1 atom stereocenters. The summed E-state index contributed by atoms with van der Waals surface area (Å²) in [4.78, 5) is 40.4. The number of rotatable bonds is 8. The van der Waals surface area contributed by atoms with Gasteiger partial charge in [0.1, 0.15) is 10.9 Å². The molecule has 0 aromatic carbocycles. The second kappa shape index (κ2) is 10.2. The maximum Gasteiger partial charge on any atom is 0.270 e. The molecule has 0 radical (unpaired) electrons. The first-order valence-corrected chi connectivity index (χ1v) is 11.9. The van der Waals surface area contributed by atoms with Crippen LogP contribution in [-0.2, 0) is 4.79 Å². The van der Waals surface area contributed by atoms with Gasteiger partial charge in [0.2, 0.25) is 5.91 Å². The molecule has 1 aromatic rings. The van der Waals surface area contributed by atoms with E-state index in [1.165, 1.54) is 0 Å². The molecule has 3 rings (SSSR count). The maximum atomic E-state index is 13.6. The zero-order valence-corrected chi connectivity index (χ0v) is 18.5. The number of aromatic nitrogens is 1. The number of nitrogens with one attached hydrogen (secondary N) is 1. The van der Waals surface area contributed by atoms with Crippen molar-refractivity contribution in [3.8, 4) is 0 Å². The van der Waals surface area contributed by atoms with Crippen molar-refractivity contribution in [1.29, 1.82) is 0 Å². The summed E-state index contributed by atoms with van der Waals surface area (Å²) in [6.07, 6.45) is 10.5. The van der Waals surface area contributed by atoms with Crippen LogP contribution in [0.5, 0.6) is 0 Å². The number of nitrogens with zero attached hydrogens (tertiary/aromatic N) is 2. The number of primary amides is 1. The number of anilines is 1. The second-order valence-corrected chi connectivity index (χ2v) is 9.21. The van der Waals surface area contributed by atoms with Gasteiger partial charge in [0.05, 0.1) is 5.69 Å². The van der Waals surface area contributed by atoms with E-state index in [0.717, 1.165) is 75.7 Å². The first-order chi connectivity index (χ1) is 14.4. The summed E-state index contributed by atoms with van der Waals surface area (Å²) in [5.41, 5.74) is 11.3. The molecule has 5 N–H and O–H groups in total. The minimum Gasteiger partial charge on any atom is -0.395 e. The zero-order chi connectivity index (χ0) is 21.7. The monoisotopic (exact) mass is 435 g/mol. The molecule has 30 heavy (non-hydrogen) atoms. The van der Waals surface area contributed by atoms with Gasteiger partial charge in [0.15, 0.2) is 5.69 Å². The van der Waals surface area contributed by atoms with Crippen LogP contribution in [0.2, 0.25) is 0 Å². The Hall–Kier alpha value is -2.16. The topological polar surface area (TPSA) is 131 Å². The molecule has 0 saturated heterocycles. The van der Waals surface area contributed by atoms with Crippen LogP contribution in [0.25, 0.3) is 0 Å². The highest BCUT2D eigenvalue weighted by Gasteiger charge is 2.38. The molecule has 2 aliphatic carbocycles. The molecule has 166 valence electrons. The normalized spacial score (nSPS) is 18.8. The summed E-state index contributed by atoms with van der Waals surface area (Å²) < 4.78 is 3.99. The average Bonchev–Trinajstić information content (AvgIpc) is 3.37. The van der Waals surface area contributed by atoms with Crippen LogP contribution in [0, 0.1) is 0 Å². The Morgan fingerprint density at radius 1 is 1.13 bits per heavy atom. The van der Waals surface area contributed by atoms with Crippen LogP contribution in [0.1, 0.15) is 97.7 Å². The molecular formula is C21H33N5O3S. The van der Waals surface area contributed by atoms with E-state index in [1.807, 2.05) is 6.92 Å². The highest BCUT2D eigenvalue weighted by molar-refractivity contribution is 7.09. The zero-order valence-electron chi connectivity index (χ0n) is 17.7. The van der Waals surface area contributed by atoms with Gasteiger partial charge >= 0.3 is 0 Å². The quantitative estimate of drug-likeness (QED) is 0.578. The lowest BCUT2D eigenvalue weighted by atomic mass is 9.91. The van der Waals surface area contributed by atoms with Crippen molar-refractivity contribution in [2.24, 2.45) is 5.73 Å². The summed E-state index contributed by atoms with van der Waals surface area (Å²) in [5, 5.41) is 3.18. The fourth-order valence-electron chi connectivity index (χ4n) is 4.70. The lowest BCUT2D eigenvalue weighted by Crippen LogP contribution is -2.55. The van der Waals surface area contributed by atoms with E-state index in [1.54, 1.807) is 4.90 Å². The third-order valence-electron chi connectivity index (χ3n) is 6.26. The molecule has 2 saturated carbocycles. The number of amides is 3. The predicted molar refractivity (Wildman–Crippen MR) is 117 cm³/mol. The molecule has 1 heterocycles. The van der Waals surface area contributed by atoms with Crippen molar-refractivity contribution >= 4 is 34.9 Å². The number of carbonyl (C=O) groups excluding carboxylic acids is 3. The summed E-state index contributed by atoms with van der Waals surface area (Å²) in [7, 11) is 0. The molecule has 0 aliphatic heterocycles. The maximum absolute atomic E-state index is 13.6.